The van der Waals surface area contributed by atoms with Crippen LogP contribution in [-0.4, -0.2) is 52.3 Å². The second kappa shape index (κ2) is 40.7. The van der Waals surface area contributed by atoms with Gasteiger partial charge in [-0.2, -0.15) is 0 Å². The highest BCUT2D eigenvalue weighted by Gasteiger charge is 2.22. The second-order valence-corrected chi connectivity index (χ2v) is 17.3. The number of unbranched alkanes of at least 4 members (excludes halogenated alkanes) is 20. The van der Waals surface area contributed by atoms with Crippen LogP contribution in [0.2, 0.25) is 0 Å². The van der Waals surface area contributed by atoms with Gasteiger partial charge in [0.1, 0.15) is 6.61 Å². The van der Waals surface area contributed by atoms with Crippen LogP contribution in [0.25, 0.3) is 0 Å². The minimum Gasteiger partial charge on any atom is -0.462 e. The Hall–Kier alpha value is -2.03. The van der Waals surface area contributed by atoms with Crippen molar-refractivity contribution in [1.29, 1.82) is 0 Å². The number of hydrogen-bond acceptors (Lipinski definition) is 7. The number of ether oxygens (including phenoxy) is 2. The average molecular weight is 825 g/mol. The molecule has 0 unspecified atom stereocenters. The van der Waals surface area contributed by atoms with E-state index in [0.717, 1.165) is 57.3 Å². The molecule has 0 aliphatic heterocycles. The molecule has 0 aromatic rings. The van der Waals surface area contributed by atoms with E-state index in [1.165, 1.54) is 103 Å². The number of aliphatic hydroxyl groups excluding tert-OH is 1. The van der Waals surface area contributed by atoms with Gasteiger partial charge in [-0.05, 0) is 44.4 Å². The summed E-state index contributed by atoms with van der Waals surface area (Å²) < 4.78 is 26.4. The molecule has 0 rings (SSSR count). The SMILES string of the molecule is CCCCC[C@H](O)/C=C/C=C\C/C=C\C/C=C\CCCC(=O)O[C@H](COC(=O)CCCCCCCCCCCCCCCCCCCCC(C)C)COP(=O)(O)O. The maximum Gasteiger partial charge on any atom is 0.469 e. The van der Waals surface area contributed by atoms with E-state index in [-0.39, 0.29) is 25.6 Å². The third kappa shape index (κ3) is 44.9. The molecule has 332 valence electrons. The van der Waals surface area contributed by atoms with Crippen molar-refractivity contribution in [3.05, 3.63) is 48.6 Å². The maximum atomic E-state index is 12.4. The number of aliphatic hydroxyl groups is 1. The highest BCUT2D eigenvalue weighted by molar-refractivity contribution is 7.46. The van der Waals surface area contributed by atoms with Crippen LogP contribution >= 0.6 is 7.82 Å². The van der Waals surface area contributed by atoms with E-state index in [4.69, 9.17) is 19.3 Å². The number of carbonyl (C=O) groups is 2. The Morgan fingerprint density at radius 2 is 1.07 bits per heavy atom. The molecule has 0 amide bonds. The van der Waals surface area contributed by atoms with E-state index < -0.39 is 32.5 Å². The first-order chi connectivity index (χ1) is 27.5. The smallest absolute Gasteiger partial charge is 0.462 e. The van der Waals surface area contributed by atoms with Crippen LogP contribution in [0.5, 0.6) is 0 Å². The first kappa shape index (κ1) is 55.0. The molecule has 57 heavy (non-hydrogen) atoms. The fourth-order valence-corrected chi connectivity index (χ4v) is 6.79. The molecule has 0 aliphatic carbocycles. The van der Waals surface area contributed by atoms with E-state index >= 15 is 0 Å². The van der Waals surface area contributed by atoms with Crippen LogP contribution < -0.4 is 0 Å². The lowest BCUT2D eigenvalue weighted by Crippen LogP contribution is -2.29. The van der Waals surface area contributed by atoms with Gasteiger partial charge >= 0.3 is 19.8 Å². The molecule has 0 heterocycles. The molecule has 0 radical (unpaired) electrons. The Morgan fingerprint density at radius 1 is 0.579 bits per heavy atom. The van der Waals surface area contributed by atoms with Gasteiger partial charge in [-0.15, -0.1) is 0 Å². The van der Waals surface area contributed by atoms with E-state index in [2.05, 4.69) is 37.4 Å². The first-order valence-corrected chi connectivity index (χ1v) is 24.4. The van der Waals surface area contributed by atoms with Gasteiger partial charge in [0.05, 0.1) is 12.7 Å². The highest BCUT2D eigenvalue weighted by Crippen LogP contribution is 2.36. The fourth-order valence-electron chi connectivity index (χ4n) is 6.43. The summed E-state index contributed by atoms with van der Waals surface area (Å²) in [5, 5.41) is 9.88. The number of carbonyl (C=O) groups excluding carboxylic acids is 2. The zero-order valence-electron chi connectivity index (χ0n) is 36.5. The van der Waals surface area contributed by atoms with Gasteiger partial charge in [-0.1, -0.05) is 204 Å². The van der Waals surface area contributed by atoms with Crippen LogP contribution in [0.4, 0.5) is 0 Å². The van der Waals surface area contributed by atoms with E-state index in [0.29, 0.717) is 19.3 Å². The average Bonchev–Trinajstić information content (AvgIpc) is 3.16. The lowest BCUT2D eigenvalue weighted by molar-refractivity contribution is -0.161. The predicted octanol–water partition coefficient (Wildman–Crippen LogP) is 13.1. The molecule has 0 saturated heterocycles. The summed E-state index contributed by atoms with van der Waals surface area (Å²) in [7, 11) is -4.78. The molecule has 0 spiro atoms. The normalized spacial score (nSPS) is 13.5. The highest BCUT2D eigenvalue weighted by atomic mass is 31.2. The number of hydrogen-bond donors (Lipinski definition) is 3. The Labute approximate surface area is 348 Å². The molecule has 0 fully saturated rings. The minimum atomic E-state index is -4.78. The minimum absolute atomic E-state index is 0.116. The zero-order chi connectivity index (χ0) is 42.1. The predicted molar refractivity (Wildman–Crippen MR) is 236 cm³/mol. The van der Waals surface area contributed by atoms with Crippen LogP contribution in [0.3, 0.4) is 0 Å². The maximum absolute atomic E-state index is 12.4. The molecule has 9 nitrogen and oxygen atoms in total. The zero-order valence-corrected chi connectivity index (χ0v) is 37.4. The summed E-state index contributed by atoms with van der Waals surface area (Å²) in [6, 6.07) is 0. The molecule has 2 atom stereocenters. The fraction of sp³-hybridized carbons (Fsp3) is 0.787. The second-order valence-electron chi connectivity index (χ2n) is 16.1. The van der Waals surface area contributed by atoms with Crippen molar-refractivity contribution in [2.75, 3.05) is 13.2 Å². The monoisotopic (exact) mass is 825 g/mol. The number of phosphoric acid groups is 1. The summed E-state index contributed by atoms with van der Waals surface area (Å²) in [5.41, 5.74) is 0. The molecule has 0 aromatic heterocycles. The summed E-state index contributed by atoms with van der Waals surface area (Å²) >= 11 is 0. The third-order valence-electron chi connectivity index (χ3n) is 9.88. The van der Waals surface area contributed by atoms with Crippen molar-refractivity contribution in [2.24, 2.45) is 5.92 Å². The molecular weight excluding hydrogens is 739 g/mol. The lowest BCUT2D eigenvalue weighted by atomic mass is 10.0. The molecule has 0 saturated carbocycles. The molecule has 10 heteroatoms. The summed E-state index contributed by atoms with van der Waals surface area (Å²) in [6.45, 7) is 5.89. The topological polar surface area (TPSA) is 140 Å². The summed E-state index contributed by atoms with van der Waals surface area (Å²) in [4.78, 5) is 42.9. The largest absolute Gasteiger partial charge is 0.469 e. The van der Waals surface area contributed by atoms with Gasteiger partial charge in [-0.3, -0.25) is 14.1 Å². The lowest BCUT2D eigenvalue weighted by Gasteiger charge is -2.18. The Morgan fingerprint density at radius 3 is 1.61 bits per heavy atom. The Bertz CT molecular complexity index is 1090. The van der Waals surface area contributed by atoms with Crippen LogP contribution in [0.15, 0.2) is 48.6 Å². The van der Waals surface area contributed by atoms with Gasteiger partial charge in [0.15, 0.2) is 6.10 Å². The molecular formula is C47H85O9P. The third-order valence-corrected chi connectivity index (χ3v) is 10.4. The number of allylic oxidation sites excluding steroid dienone is 7. The summed E-state index contributed by atoms with van der Waals surface area (Å²) in [5.74, 6) is -0.126. The van der Waals surface area contributed by atoms with Gasteiger partial charge in [0, 0.05) is 12.8 Å². The Kier molecular flexibility index (Phi) is 39.3. The molecule has 3 N–H and O–H groups in total. The molecule has 0 aliphatic rings. The van der Waals surface area contributed by atoms with Crippen molar-refractivity contribution in [3.63, 3.8) is 0 Å². The molecule has 0 aromatic carbocycles. The van der Waals surface area contributed by atoms with Crippen molar-refractivity contribution >= 4 is 19.8 Å². The Balaban J connectivity index is 3.96. The van der Waals surface area contributed by atoms with Gasteiger partial charge in [-0.25, -0.2) is 4.57 Å². The van der Waals surface area contributed by atoms with E-state index in [1.54, 1.807) is 0 Å². The van der Waals surface area contributed by atoms with Crippen LogP contribution in [-0.2, 0) is 28.2 Å². The number of rotatable bonds is 41. The number of phosphoric ester groups is 1. The van der Waals surface area contributed by atoms with Crippen LogP contribution in [0, 0.1) is 5.92 Å². The van der Waals surface area contributed by atoms with Gasteiger partial charge < -0.3 is 24.4 Å². The van der Waals surface area contributed by atoms with Crippen molar-refractivity contribution < 1.29 is 43.0 Å². The standard InChI is InChI=1S/C47H85O9P/c1-4-5-31-37-44(48)38-33-28-24-20-16-14-18-22-26-30-35-40-47(50)56-45(42-55-57(51,52)53)41-54-46(49)39-34-29-25-21-17-13-11-9-7-6-8-10-12-15-19-23-27-32-36-43(2)3/h14,16,22,24,26,28,33,38,43-45,48H,4-13,15,17-21,23,25,27,29-32,34-37,39-42H2,1-3H3,(H2,51,52,53)/b16-14-,26-22-,28-24-,38-33+/t44-,45+/m0/s1. The number of esters is 2. The quantitative estimate of drug-likeness (QED) is 0.0181. The van der Waals surface area contributed by atoms with E-state index in [1.807, 2.05) is 36.5 Å². The first-order valence-electron chi connectivity index (χ1n) is 22.9. The van der Waals surface area contributed by atoms with Crippen LogP contribution in [0.1, 0.15) is 207 Å². The van der Waals surface area contributed by atoms with E-state index in [9.17, 15) is 19.3 Å². The van der Waals surface area contributed by atoms with Crippen molar-refractivity contribution in [1.82, 2.24) is 0 Å². The van der Waals surface area contributed by atoms with Gasteiger partial charge in [0.25, 0.3) is 0 Å². The van der Waals surface area contributed by atoms with Gasteiger partial charge in [0.2, 0.25) is 0 Å². The van der Waals surface area contributed by atoms with Crippen molar-refractivity contribution in [2.45, 2.75) is 219 Å². The molecule has 0 bridgehead atoms. The van der Waals surface area contributed by atoms with Crippen molar-refractivity contribution in [3.8, 4) is 0 Å². The summed E-state index contributed by atoms with van der Waals surface area (Å²) in [6.07, 6.45) is 46.0.